The summed E-state index contributed by atoms with van der Waals surface area (Å²) in [5.41, 5.74) is 2.75. The molecule has 4 rings (SSSR count). The van der Waals surface area contributed by atoms with Gasteiger partial charge < -0.3 is 4.74 Å². The Bertz CT molecular complexity index is 1140. The number of esters is 1. The van der Waals surface area contributed by atoms with Gasteiger partial charge in [0.2, 0.25) is 0 Å². The molecule has 0 fully saturated rings. The number of fused-ring (bicyclic) bond motifs is 1. The zero-order valence-electron chi connectivity index (χ0n) is 16.1. The van der Waals surface area contributed by atoms with Crippen LogP contribution in [0.1, 0.15) is 24.3 Å². The van der Waals surface area contributed by atoms with E-state index in [-0.39, 0.29) is 12.2 Å². The molecule has 2 heterocycles. The molecule has 146 valence electrons. The maximum Gasteiger partial charge on any atom is 0.329 e. The summed E-state index contributed by atoms with van der Waals surface area (Å²) in [5.74, 6) is -0.495. The van der Waals surface area contributed by atoms with Crippen molar-refractivity contribution in [3.05, 3.63) is 101 Å². The maximum absolute atomic E-state index is 12.8. The van der Waals surface area contributed by atoms with Crippen LogP contribution >= 0.6 is 0 Å². The Kier molecular flexibility index (Phi) is 5.24. The smallest absolute Gasteiger partial charge is 0.329 e. The molecule has 6 nitrogen and oxygen atoms in total. The number of nitrogens with zero attached hydrogens (tertiary/aromatic N) is 3. The highest BCUT2D eigenvalue weighted by Crippen LogP contribution is 2.24. The molecule has 0 amide bonds. The molecule has 0 radical (unpaired) electrons. The highest BCUT2D eigenvalue weighted by atomic mass is 16.5. The molecule has 2 aromatic heterocycles. The first-order valence-corrected chi connectivity index (χ1v) is 9.52. The summed E-state index contributed by atoms with van der Waals surface area (Å²) in [7, 11) is 0. The van der Waals surface area contributed by atoms with Crippen molar-refractivity contribution >= 4 is 17.0 Å². The summed E-state index contributed by atoms with van der Waals surface area (Å²) < 4.78 is 8.91. The first kappa shape index (κ1) is 18.7. The van der Waals surface area contributed by atoms with Crippen LogP contribution in [-0.2, 0) is 22.6 Å². The molecule has 0 N–H and O–H groups in total. The lowest BCUT2D eigenvalue weighted by Gasteiger charge is -2.18. The van der Waals surface area contributed by atoms with Gasteiger partial charge in [-0.2, -0.15) is 0 Å². The van der Waals surface area contributed by atoms with Gasteiger partial charge in [0, 0.05) is 12.7 Å². The SMILES string of the molecule is CCn1c(=O)n(CC(=O)OC(c2ccccc2)c2ccccn2)c2ccccc21. The van der Waals surface area contributed by atoms with Gasteiger partial charge in [-0.1, -0.05) is 48.5 Å². The topological polar surface area (TPSA) is 66.1 Å². The van der Waals surface area contributed by atoms with Gasteiger partial charge in [-0.15, -0.1) is 0 Å². The van der Waals surface area contributed by atoms with Crippen molar-refractivity contribution in [3.8, 4) is 0 Å². The van der Waals surface area contributed by atoms with Crippen LogP contribution in [0.5, 0.6) is 0 Å². The van der Waals surface area contributed by atoms with Crippen molar-refractivity contribution in [3.63, 3.8) is 0 Å². The molecular weight excluding hydrogens is 366 g/mol. The maximum atomic E-state index is 12.8. The summed E-state index contributed by atoms with van der Waals surface area (Å²) in [6, 6.07) is 22.4. The minimum absolute atomic E-state index is 0.164. The number of imidazole rings is 1. The van der Waals surface area contributed by atoms with Crippen LogP contribution in [0.3, 0.4) is 0 Å². The van der Waals surface area contributed by atoms with Crippen molar-refractivity contribution < 1.29 is 9.53 Å². The Morgan fingerprint density at radius 2 is 1.59 bits per heavy atom. The number of hydrogen-bond donors (Lipinski definition) is 0. The summed E-state index contributed by atoms with van der Waals surface area (Å²) >= 11 is 0. The second-order valence-corrected chi connectivity index (χ2v) is 6.64. The number of carbonyl (C=O) groups excluding carboxylic acids is 1. The molecule has 0 saturated heterocycles. The first-order chi connectivity index (χ1) is 14.2. The van der Waals surface area contributed by atoms with E-state index in [1.807, 2.05) is 79.7 Å². The van der Waals surface area contributed by atoms with Crippen LogP contribution in [0.4, 0.5) is 0 Å². The Morgan fingerprint density at radius 1 is 0.931 bits per heavy atom. The normalized spacial score (nSPS) is 12.0. The fraction of sp³-hybridized carbons (Fsp3) is 0.174. The molecule has 0 bridgehead atoms. The van der Waals surface area contributed by atoms with Gasteiger partial charge in [-0.05, 0) is 36.8 Å². The molecule has 1 atom stereocenters. The Morgan fingerprint density at radius 3 is 2.24 bits per heavy atom. The van der Waals surface area contributed by atoms with Gasteiger partial charge in [0.1, 0.15) is 6.54 Å². The third-order valence-corrected chi connectivity index (χ3v) is 4.84. The lowest BCUT2D eigenvalue weighted by Crippen LogP contribution is -2.28. The van der Waals surface area contributed by atoms with E-state index < -0.39 is 12.1 Å². The average Bonchev–Trinajstić information content (AvgIpc) is 3.04. The Balaban J connectivity index is 1.66. The predicted octanol–water partition coefficient (Wildman–Crippen LogP) is 3.55. The number of para-hydroxylation sites is 2. The van der Waals surface area contributed by atoms with Crippen molar-refractivity contribution in [1.82, 2.24) is 14.1 Å². The van der Waals surface area contributed by atoms with Crippen molar-refractivity contribution in [2.45, 2.75) is 26.1 Å². The van der Waals surface area contributed by atoms with E-state index in [9.17, 15) is 9.59 Å². The number of aryl methyl sites for hydroxylation is 1. The molecule has 0 aliphatic carbocycles. The lowest BCUT2D eigenvalue weighted by molar-refractivity contribution is -0.148. The van der Waals surface area contributed by atoms with Crippen LogP contribution in [0.25, 0.3) is 11.0 Å². The monoisotopic (exact) mass is 387 g/mol. The van der Waals surface area contributed by atoms with Crippen LogP contribution in [0, 0.1) is 0 Å². The standard InChI is InChI=1S/C23H21N3O3/c1-2-25-19-13-6-7-14-20(19)26(23(25)28)16-21(27)29-22(17-10-4-3-5-11-17)18-12-8-9-15-24-18/h3-15,22H,2,16H2,1H3. The van der Waals surface area contributed by atoms with Crippen molar-refractivity contribution in [2.24, 2.45) is 0 Å². The van der Waals surface area contributed by atoms with E-state index in [1.54, 1.807) is 10.8 Å². The molecule has 29 heavy (non-hydrogen) atoms. The molecule has 0 spiro atoms. The molecule has 2 aromatic carbocycles. The Labute approximate surface area is 168 Å². The molecule has 4 aromatic rings. The molecule has 1 unspecified atom stereocenters. The number of pyridine rings is 1. The van der Waals surface area contributed by atoms with E-state index in [2.05, 4.69) is 4.98 Å². The summed E-state index contributed by atoms with van der Waals surface area (Å²) in [4.78, 5) is 30.0. The van der Waals surface area contributed by atoms with Crippen LogP contribution in [0.2, 0.25) is 0 Å². The third-order valence-electron chi connectivity index (χ3n) is 4.84. The van der Waals surface area contributed by atoms with Crippen LogP contribution in [-0.4, -0.2) is 20.1 Å². The molecule has 0 aliphatic rings. The number of aromatic nitrogens is 3. The van der Waals surface area contributed by atoms with E-state index in [0.717, 1.165) is 11.1 Å². The molecule has 0 saturated carbocycles. The molecule has 0 aliphatic heterocycles. The number of ether oxygens (including phenoxy) is 1. The van der Waals surface area contributed by atoms with Crippen LogP contribution in [0.15, 0.2) is 83.8 Å². The second kappa shape index (κ2) is 8.14. The first-order valence-electron chi connectivity index (χ1n) is 9.52. The van der Waals surface area contributed by atoms with Gasteiger partial charge in [0.05, 0.1) is 16.7 Å². The van der Waals surface area contributed by atoms with E-state index in [1.165, 1.54) is 4.57 Å². The fourth-order valence-corrected chi connectivity index (χ4v) is 3.49. The zero-order valence-corrected chi connectivity index (χ0v) is 16.1. The van der Waals surface area contributed by atoms with Gasteiger partial charge in [0.15, 0.2) is 6.10 Å². The third kappa shape index (κ3) is 3.69. The summed E-state index contributed by atoms with van der Waals surface area (Å²) in [5, 5.41) is 0. The van der Waals surface area contributed by atoms with Gasteiger partial charge in [-0.25, -0.2) is 4.79 Å². The number of rotatable bonds is 6. The van der Waals surface area contributed by atoms with Crippen LogP contribution < -0.4 is 5.69 Å². The minimum atomic E-state index is -0.639. The van der Waals surface area contributed by atoms with E-state index >= 15 is 0 Å². The zero-order chi connectivity index (χ0) is 20.2. The Hall–Kier alpha value is -3.67. The predicted molar refractivity (Wildman–Crippen MR) is 110 cm³/mol. The van der Waals surface area contributed by atoms with Gasteiger partial charge in [0.25, 0.3) is 0 Å². The second-order valence-electron chi connectivity index (χ2n) is 6.64. The number of hydrogen-bond acceptors (Lipinski definition) is 4. The minimum Gasteiger partial charge on any atom is -0.450 e. The number of benzene rings is 2. The van der Waals surface area contributed by atoms with Crippen molar-refractivity contribution in [2.75, 3.05) is 0 Å². The summed E-state index contributed by atoms with van der Waals surface area (Å²) in [6.45, 7) is 2.27. The highest BCUT2D eigenvalue weighted by molar-refractivity contribution is 5.79. The summed E-state index contributed by atoms with van der Waals surface area (Å²) in [6.07, 6.45) is 1.03. The quantitative estimate of drug-likeness (QED) is 0.475. The van der Waals surface area contributed by atoms with Gasteiger partial charge >= 0.3 is 11.7 Å². The molecule has 6 heteroatoms. The van der Waals surface area contributed by atoms with Gasteiger partial charge in [-0.3, -0.25) is 18.9 Å². The average molecular weight is 387 g/mol. The number of carbonyl (C=O) groups is 1. The molecular formula is C23H21N3O3. The van der Waals surface area contributed by atoms with E-state index in [0.29, 0.717) is 17.8 Å². The largest absolute Gasteiger partial charge is 0.450 e. The van der Waals surface area contributed by atoms with Crippen molar-refractivity contribution in [1.29, 1.82) is 0 Å². The fourth-order valence-electron chi connectivity index (χ4n) is 3.49. The lowest BCUT2D eigenvalue weighted by atomic mass is 10.1. The van der Waals surface area contributed by atoms with E-state index in [4.69, 9.17) is 4.74 Å². The highest BCUT2D eigenvalue weighted by Gasteiger charge is 2.22.